The number of phosphoric ester groups is 1. The van der Waals surface area contributed by atoms with Gasteiger partial charge in [-0.05, 0) is 20.3 Å². The summed E-state index contributed by atoms with van der Waals surface area (Å²) in [6, 6.07) is 0. The van der Waals surface area contributed by atoms with Crippen molar-refractivity contribution in [3.05, 3.63) is 0 Å². The lowest BCUT2D eigenvalue weighted by molar-refractivity contribution is -0.906. The zero-order valence-electron chi connectivity index (χ0n) is 25.2. The number of rotatable bonds is 29. The smallest absolute Gasteiger partial charge is 0.379 e. The van der Waals surface area contributed by atoms with Crippen molar-refractivity contribution in [3.63, 3.8) is 0 Å². The molecular weight excluding hydrogens is 489 g/mol. The Balaban J connectivity index is 3.58. The Kier molecular flexibility index (Phi) is 25.0. The molecule has 0 saturated heterocycles. The van der Waals surface area contributed by atoms with Crippen molar-refractivity contribution >= 4 is 7.82 Å². The van der Waals surface area contributed by atoms with Gasteiger partial charge in [-0.2, -0.15) is 0 Å². The van der Waals surface area contributed by atoms with Gasteiger partial charge in [0.15, 0.2) is 0 Å². The molecule has 0 bridgehead atoms. The fraction of sp³-hybridized carbons (Fsp3) is 1.00. The molecule has 0 amide bonds. The highest BCUT2D eigenvalue weighted by atomic mass is 31.2. The van der Waals surface area contributed by atoms with Crippen LogP contribution >= 0.6 is 7.82 Å². The van der Waals surface area contributed by atoms with Crippen LogP contribution in [0.1, 0.15) is 124 Å². The molecule has 0 rings (SSSR count). The maximum atomic E-state index is 12.1. The summed E-state index contributed by atoms with van der Waals surface area (Å²) in [6.07, 6.45) is 21.2. The molecule has 0 aromatic heterocycles. The van der Waals surface area contributed by atoms with E-state index in [0.717, 1.165) is 24.0 Å². The lowest BCUT2D eigenvalue weighted by Crippen LogP contribution is -2.45. The molecule has 0 saturated carbocycles. The van der Waals surface area contributed by atoms with Crippen LogP contribution in [0, 0.1) is 0 Å². The molecule has 0 aliphatic carbocycles. The molecule has 37 heavy (non-hydrogen) atoms. The van der Waals surface area contributed by atoms with Crippen LogP contribution < -0.4 is 0 Å². The maximum Gasteiger partial charge on any atom is 0.472 e. The van der Waals surface area contributed by atoms with E-state index in [2.05, 4.69) is 27.8 Å². The van der Waals surface area contributed by atoms with E-state index in [9.17, 15) is 9.46 Å². The highest BCUT2D eigenvalue weighted by molar-refractivity contribution is 7.47. The van der Waals surface area contributed by atoms with Gasteiger partial charge in [-0.1, -0.05) is 103 Å². The molecule has 1 N–H and O–H groups in total. The summed E-state index contributed by atoms with van der Waals surface area (Å²) in [5.74, 6) is 0. The van der Waals surface area contributed by atoms with Crippen molar-refractivity contribution in [3.8, 4) is 0 Å². The lowest BCUT2D eigenvalue weighted by Gasteiger charge is -2.32. The summed E-state index contributed by atoms with van der Waals surface area (Å²) in [5.41, 5.74) is 0. The Morgan fingerprint density at radius 1 is 0.676 bits per heavy atom. The van der Waals surface area contributed by atoms with Gasteiger partial charge in [0, 0.05) is 13.7 Å². The van der Waals surface area contributed by atoms with E-state index in [1.807, 2.05) is 0 Å². The fourth-order valence-electron chi connectivity index (χ4n) is 4.28. The number of nitrogens with zero attached hydrogens (tertiary/aromatic N) is 1. The highest BCUT2D eigenvalue weighted by Crippen LogP contribution is 2.43. The number of hydrogen-bond donors (Lipinski definition) is 1. The van der Waals surface area contributed by atoms with Gasteiger partial charge >= 0.3 is 7.82 Å². The number of phosphoric acid groups is 1. The third-order valence-corrected chi connectivity index (χ3v) is 8.60. The molecule has 0 fully saturated rings. The van der Waals surface area contributed by atoms with E-state index in [4.69, 9.17) is 18.5 Å². The normalized spacial score (nSPS) is 14.6. The Morgan fingerprint density at radius 2 is 1.14 bits per heavy atom. The standard InChI is InChI=1S/C29H62NO6P/c1-6-9-10-11-12-13-14-15-16-17-18-19-20-21-22-23-25-34-27-29(33-5)28-36-37(31,32)35-26-24-30(4,7-2)8-3/h29H,6-28H2,1-5H3/p+1/t29-/m0/s1. The first-order valence-electron chi connectivity index (χ1n) is 15.4. The van der Waals surface area contributed by atoms with Crippen LogP contribution in [0.15, 0.2) is 0 Å². The van der Waals surface area contributed by atoms with E-state index in [0.29, 0.717) is 19.8 Å². The summed E-state index contributed by atoms with van der Waals surface area (Å²) < 4.78 is 34.2. The maximum absolute atomic E-state index is 12.1. The van der Waals surface area contributed by atoms with Gasteiger partial charge < -0.3 is 18.9 Å². The lowest BCUT2D eigenvalue weighted by atomic mass is 10.0. The average molecular weight is 553 g/mol. The van der Waals surface area contributed by atoms with Crippen molar-refractivity contribution in [2.75, 3.05) is 60.2 Å². The molecular formula is C29H63NO6P+. The number of likely N-dealkylation sites (N-methyl/N-ethyl adjacent to an activating group) is 1. The molecule has 0 aliphatic heterocycles. The van der Waals surface area contributed by atoms with Crippen LogP contribution in [0.3, 0.4) is 0 Å². The zero-order valence-corrected chi connectivity index (χ0v) is 26.1. The SMILES string of the molecule is CCCCCCCCCCCCCCCCCCOC[C@@H](COP(=O)(O)OCC[N+](C)(CC)CC)OC. The van der Waals surface area contributed by atoms with E-state index in [1.54, 1.807) is 7.11 Å². The molecule has 0 aromatic rings. The first-order chi connectivity index (χ1) is 17.8. The van der Waals surface area contributed by atoms with E-state index in [1.165, 1.54) is 96.3 Å². The highest BCUT2D eigenvalue weighted by Gasteiger charge is 2.25. The minimum Gasteiger partial charge on any atom is -0.379 e. The van der Waals surface area contributed by atoms with Crippen LogP contribution in [-0.2, 0) is 23.1 Å². The molecule has 0 aliphatic rings. The minimum absolute atomic E-state index is 0.0308. The molecule has 2 atom stereocenters. The predicted octanol–water partition coefficient (Wildman–Crippen LogP) is 7.90. The quantitative estimate of drug-likeness (QED) is 0.0578. The second-order valence-electron chi connectivity index (χ2n) is 10.8. The molecule has 0 radical (unpaired) electrons. The Bertz CT molecular complexity index is 533. The van der Waals surface area contributed by atoms with Crippen LogP contribution in [0.5, 0.6) is 0 Å². The molecule has 0 heterocycles. The van der Waals surface area contributed by atoms with Crippen LogP contribution in [0.2, 0.25) is 0 Å². The Hall–Kier alpha value is -0.0100. The first-order valence-corrected chi connectivity index (χ1v) is 16.9. The summed E-state index contributed by atoms with van der Waals surface area (Å²) in [5, 5.41) is 0. The molecule has 0 spiro atoms. The number of ether oxygens (including phenoxy) is 2. The number of hydrogen-bond acceptors (Lipinski definition) is 5. The molecule has 7 nitrogen and oxygen atoms in total. The van der Waals surface area contributed by atoms with E-state index >= 15 is 0 Å². The van der Waals surface area contributed by atoms with Crippen LogP contribution in [0.4, 0.5) is 0 Å². The summed E-state index contributed by atoms with van der Waals surface area (Å²) in [4.78, 5) is 9.94. The molecule has 8 heteroatoms. The third-order valence-electron chi connectivity index (χ3n) is 7.62. The summed E-state index contributed by atoms with van der Waals surface area (Å²) in [6.45, 7) is 10.2. The minimum atomic E-state index is -4.09. The molecule has 224 valence electrons. The zero-order chi connectivity index (χ0) is 27.7. The second-order valence-corrected chi connectivity index (χ2v) is 12.3. The van der Waals surface area contributed by atoms with E-state index < -0.39 is 13.9 Å². The van der Waals surface area contributed by atoms with Crippen molar-refractivity contribution in [1.82, 2.24) is 0 Å². The van der Waals surface area contributed by atoms with E-state index in [-0.39, 0.29) is 13.2 Å². The molecule has 1 unspecified atom stereocenters. The van der Waals surface area contributed by atoms with Gasteiger partial charge in [-0.3, -0.25) is 9.05 Å². The Morgan fingerprint density at radius 3 is 1.57 bits per heavy atom. The van der Waals surface area contributed by atoms with Gasteiger partial charge in [0.05, 0.1) is 33.4 Å². The van der Waals surface area contributed by atoms with Gasteiger partial charge in [-0.25, -0.2) is 4.57 Å². The monoisotopic (exact) mass is 552 g/mol. The Labute approximate surface area is 230 Å². The van der Waals surface area contributed by atoms with Crippen molar-refractivity contribution < 1.29 is 32.5 Å². The van der Waals surface area contributed by atoms with Crippen molar-refractivity contribution in [2.45, 2.75) is 130 Å². The number of unbranched alkanes of at least 4 members (excludes halogenated alkanes) is 15. The van der Waals surface area contributed by atoms with Gasteiger partial charge in [-0.15, -0.1) is 0 Å². The first kappa shape index (κ1) is 37.0. The van der Waals surface area contributed by atoms with Crippen LogP contribution in [0.25, 0.3) is 0 Å². The van der Waals surface area contributed by atoms with Crippen molar-refractivity contribution in [1.29, 1.82) is 0 Å². The largest absolute Gasteiger partial charge is 0.472 e. The number of quaternary nitrogens is 1. The predicted molar refractivity (Wildman–Crippen MR) is 155 cm³/mol. The average Bonchev–Trinajstić information content (AvgIpc) is 2.89. The third kappa shape index (κ3) is 23.6. The topological polar surface area (TPSA) is 74.2 Å². The van der Waals surface area contributed by atoms with Gasteiger partial charge in [0.1, 0.15) is 19.3 Å². The van der Waals surface area contributed by atoms with Crippen molar-refractivity contribution in [2.24, 2.45) is 0 Å². The van der Waals surface area contributed by atoms with Gasteiger partial charge in [0.25, 0.3) is 0 Å². The number of methoxy groups -OCH3 is 1. The summed E-state index contributed by atoms with van der Waals surface area (Å²) in [7, 11) is -0.433. The summed E-state index contributed by atoms with van der Waals surface area (Å²) >= 11 is 0. The molecule has 0 aromatic carbocycles. The fourth-order valence-corrected chi connectivity index (χ4v) is 5.02. The second kappa shape index (κ2) is 25.0. The van der Waals surface area contributed by atoms with Gasteiger partial charge in [0.2, 0.25) is 0 Å². The van der Waals surface area contributed by atoms with Crippen LogP contribution in [-0.4, -0.2) is 75.7 Å².